The molecule has 5 heteroatoms. The highest BCUT2D eigenvalue weighted by Gasteiger charge is 2.26. The van der Waals surface area contributed by atoms with Crippen LogP contribution in [0.5, 0.6) is 0 Å². The van der Waals surface area contributed by atoms with Gasteiger partial charge in [-0.25, -0.2) is 12.8 Å². The average molecular weight is 308 g/mol. The topological polar surface area (TPSA) is 54.4 Å². The summed E-state index contributed by atoms with van der Waals surface area (Å²) in [6, 6.07) is 14.0. The molecule has 1 N–H and O–H groups in total. The van der Waals surface area contributed by atoms with Crippen molar-refractivity contribution in [2.45, 2.75) is 18.3 Å². The second-order valence-electron chi connectivity index (χ2n) is 4.95. The monoisotopic (exact) mass is 308 g/mol. The van der Waals surface area contributed by atoms with Gasteiger partial charge in [-0.2, -0.15) is 0 Å². The molecule has 0 saturated heterocycles. The van der Waals surface area contributed by atoms with Gasteiger partial charge in [0.2, 0.25) is 0 Å². The largest absolute Gasteiger partial charge is 0.387 e. The molecule has 0 aliphatic rings. The van der Waals surface area contributed by atoms with Crippen LogP contribution in [0.3, 0.4) is 0 Å². The quantitative estimate of drug-likeness (QED) is 0.923. The van der Waals surface area contributed by atoms with Crippen molar-refractivity contribution in [3.05, 3.63) is 71.5 Å². The van der Waals surface area contributed by atoms with Gasteiger partial charge in [0.1, 0.15) is 5.82 Å². The van der Waals surface area contributed by atoms with Crippen LogP contribution in [0, 0.1) is 5.82 Å². The molecule has 0 amide bonds. The SMILES string of the molecule is CC(c1ccccc1)S(=O)(=O)CC(O)c1ccc(F)cc1. The van der Waals surface area contributed by atoms with Gasteiger partial charge < -0.3 is 5.11 Å². The average Bonchev–Trinajstić information content (AvgIpc) is 2.47. The van der Waals surface area contributed by atoms with Gasteiger partial charge in [0, 0.05) is 0 Å². The minimum atomic E-state index is -3.51. The van der Waals surface area contributed by atoms with Crippen molar-refractivity contribution in [1.82, 2.24) is 0 Å². The maximum atomic E-state index is 12.8. The van der Waals surface area contributed by atoms with Gasteiger partial charge in [0.05, 0.1) is 17.1 Å². The van der Waals surface area contributed by atoms with Crippen LogP contribution < -0.4 is 0 Å². The van der Waals surface area contributed by atoms with Crippen LogP contribution in [-0.2, 0) is 9.84 Å². The third-order valence-electron chi connectivity index (χ3n) is 3.45. The summed E-state index contributed by atoms with van der Waals surface area (Å²) in [4.78, 5) is 0. The summed E-state index contributed by atoms with van der Waals surface area (Å²) >= 11 is 0. The summed E-state index contributed by atoms with van der Waals surface area (Å²) in [5.74, 6) is -0.819. The van der Waals surface area contributed by atoms with E-state index >= 15 is 0 Å². The highest BCUT2D eigenvalue weighted by Crippen LogP contribution is 2.26. The van der Waals surface area contributed by atoms with Gasteiger partial charge in [-0.3, -0.25) is 0 Å². The van der Waals surface area contributed by atoms with Gasteiger partial charge in [-0.1, -0.05) is 42.5 Å². The number of benzene rings is 2. The molecule has 0 heterocycles. The molecule has 0 radical (unpaired) electrons. The Kier molecular flexibility index (Phi) is 4.75. The fraction of sp³-hybridized carbons (Fsp3) is 0.250. The standard InChI is InChI=1S/C16H17FO3S/c1-12(13-5-3-2-4-6-13)21(19,20)11-16(18)14-7-9-15(17)10-8-14/h2-10,12,16,18H,11H2,1H3. The minimum absolute atomic E-state index is 0.389. The van der Waals surface area contributed by atoms with E-state index in [0.717, 1.165) is 0 Å². The van der Waals surface area contributed by atoms with Crippen molar-refractivity contribution in [2.75, 3.05) is 5.75 Å². The van der Waals surface area contributed by atoms with E-state index in [4.69, 9.17) is 0 Å². The van der Waals surface area contributed by atoms with Crippen LogP contribution in [-0.4, -0.2) is 19.3 Å². The van der Waals surface area contributed by atoms with Gasteiger partial charge in [-0.05, 0) is 30.2 Å². The van der Waals surface area contributed by atoms with Crippen molar-refractivity contribution in [3.8, 4) is 0 Å². The Morgan fingerprint density at radius 3 is 2.14 bits per heavy atom. The van der Waals surface area contributed by atoms with Crippen LogP contribution in [0.25, 0.3) is 0 Å². The van der Waals surface area contributed by atoms with Gasteiger partial charge in [0.15, 0.2) is 9.84 Å². The second-order valence-corrected chi connectivity index (χ2v) is 7.32. The lowest BCUT2D eigenvalue weighted by atomic mass is 10.1. The van der Waals surface area contributed by atoms with E-state index in [1.807, 2.05) is 6.07 Å². The fourth-order valence-corrected chi connectivity index (χ4v) is 3.57. The van der Waals surface area contributed by atoms with Crippen LogP contribution in [0.4, 0.5) is 4.39 Å². The molecular formula is C16H17FO3S. The van der Waals surface area contributed by atoms with Crippen molar-refractivity contribution >= 4 is 9.84 Å². The van der Waals surface area contributed by atoms with E-state index in [1.54, 1.807) is 31.2 Å². The summed E-state index contributed by atoms with van der Waals surface area (Å²) < 4.78 is 37.5. The molecule has 2 aromatic rings. The summed E-state index contributed by atoms with van der Waals surface area (Å²) in [6.07, 6.45) is -1.17. The molecule has 2 aromatic carbocycles. The maximum Gasteiger partial charge on any atom is 0.159 e. The summed E-state index contributed by atoms with van der Waals surface area (Å²) in [5.41, 5.74) is 1.07. The first-order valence-corrected chi connectivity index (χ1v) is 8.32. The van der Waals surface area contributed by atoms with Crippen molar-refractivity contribution in [2.24, 2.45) is 0 Å². The first kappa shape index (κ1) is 15.7. The number of sulfone groups is 1. The summed E-state index contributed by atoms with van der Waals surface area (Å²) in [7, 11) is -3.51. The van der Waals surface area contributed by atoms with E-state index in [9.17, 15) is 17.9 Å². The van der Waals surface area contributed by atoms with Crippen molar-refractivity contribution < 1.29 is 17.9 Å². The molecule has 112 valence electrons. The second kappa shape index (κ2) is 6.37. The Morgan fingerprint density at radius 2 is 1.57 bits per heavy atom. The van der Waals surface area contributed by atoms with Gasteiger partial charge in [-0.15, -0.1) is 0 Å². The molecule has 0 aliphatic carbocycles. The van der Waals surface area contributed by atoms with Crippen LogP contribution in [0.1, 0.15) is 29.4 Å². The van der Waals surface area contributed by atoms with Crippen LogP contribution >= 0.6 is 0 Å². The van der Waals surface area contributed by atoms with E-state index in [0.29, 0.717) is 11.1 Å². The summed E-state index contributed by atoms with van der Waals surface area (Å²) in [6.45, 7) is 1.60. The molecular weight excluding hydrogens is 291 g/mol. The van der Waals surface area contributed by atoms with E-state index in [-0.39, 0.29) is 0 Å². The molecule has 0 bridgehead atoms. The Bertz CT molecular complexity index is 681. The first-order valence-electron chi connectivity index (χ1n) is 6.60. The molecule has 3 nitrogen and oxygen atoms in total. The Hall–Kier alpha value is -1.72. The molecule has 0 saturated carbocycles. The number of aliphatic hydroxyl groups is 1. The van der Waals surface area contributed by atoms with Gasteiger partial charge in [0.25, 0.3) is 0 Å². The van der Waals surface area contributed by atoms with Gasteiger partial charge >= 0.3 is 0 Å². The molecule has 2 rings (SSSR count). The number of rotatable bonds is 5. The highest BCUT2D eigenvalue weighted by atomic mass is 32.2. The first-order chi connectivity index (χ1) is 9.90. The molecule has 0 aromatic heterocycles. The number of hydrogen-bond acceptors (Lipinski definition) is 3. The van der Waals surface area contributed by atoms with Crippen molar-refractivity contribution in [3.63, 3.8) is 0 Å². The van der Waals surface area contributed by atoms with E-state index in [1.165, 1.54) is 24.3 Å². The van der Waals surface area contributed by atoms with E-state index in [2.05, 4.69) is 0 Å². The zero-order chi connectivity index (χ0) is 15.5. The van der Waals surface area contributed by atoms with Crippen molar-refractivity contribution in [1.29, 1.82) is 0 Å². The molecule has 0 spiro atoms. The molecule has 0 aliphatic heterocycles. The predicted molar refractivity (Wildman–Crippen MR) is 80.0 cm³/mol. The van der Waals surface area contributed by atoms with E-state index < -0.39 is 32.8 Å². The van der Waals surface area contributed by atoms with Crippen LogP contribution in [0.2, 0.25) is 0 Å². The van der Waals surface area contributed by atoms with Crippen LogP contribution in [0.15, 0.2) is 54.6 Å². The Balaban J connectivity index is 2.15. The Labute approximate surface area is 124 Å². The zero-order valence-electron chi connectivity index (χ0n) is 11.6. The highest BCUT2D eigenvalue weighted by molar-refractivity contribution is 7.91. The lowest BCUT2D eigenvalue weighted by molar-refractivity contribution is 0.201. The maximum absolute atomic E-state index is 12.8. The minimum Gasteiger partial charge on any atom is -0.387 e. The zero-order valence-corrected chi connectivity index (χ0v) is 12.4. The molecule has 2 atom stereocenters. The fourth-order valence-electron chi connectivity index (χ4n) is 2.08. The molecule has 2 unspecified atom stereocenters. The Morgan fingerprint density at radius 1 is 1.00 bits per heavy atom. The number of aliphatic hydroxyl groups excluding tert-OH is 1. The lowest BCUT2D eigenvalue weighted by Gasteiger charge is -2.17. The number of hydrogen-bond donors (Lipinski definition) is 1. The summed E-state index contributed by atoms with van der Waals surface area (Å²) in [5, 5.41) is 9.34. The third kappa shape index (κ3) is 3.89. The third-order valence-corrected chi connectivity index (χ3v) is 5.58. The number of halogens is 1. The molecule has 21 heavy (non-hydrogen) atoms. The normalized spacial score (nSPS) is 14.6. The predicted octanol–water partition coefficient (Wildman–Crippen LogP) is 3.04. The smallest absolute Gasteiger partial charge is 0.159 e. The lowest BCUT2D eigenvalue weighted by Crippen LogP contribution is -2.19. The molecule has 0 fully saturated rings.